The molecule has 0 bridgehead atoms. The van der Waals surface area contributed by atoms with Gasteiger partial charge >= 0.3 is 0 Å². The van der Waals surface area contributed by atoms with Gasteiger partial charge in [-0.1, -0.05) is 28.4 Å². The Hall–Kier alpha value is -0.830. The largest absolute Gasteiger partial charge is 0.349 e. The number of carbonyl (C=O) groups is 1. The molecular weight excluding hydrogens is 266 g/mol. The predicted octanol–water partition coefficient (Wildman–Crippen LogP) is 3.37. The lowest BCUT2D eigenvalue weighted by atomic mass is 9.80. The molecule has 1 aliphatic carbocycles. The number of rotatable bonds is 3. The molecule has 0 saturated heterocycles. The van der Waals surface area contributed by atoms with Crippen molar-refractivity contribution in [3.05, 3.63) is 34.3 Å². The quantitative estimate of drug-likeness (QED) is 0.904. The lowest BCUT2D eigenvalue weighted by Gasteiger charge is -2.31. The van der Waals surface area contributed by atoms with Crippen molar-refractivity contribution < 1.29 is 4.79 Å². The Morgan fingerprint density at radius 1 is 1.50 bits per heavy atom. The van der Waals surface area contributed by atoms with Crippen LogP contribution in [0, 0.1) is 5.92 Å². The highest BCUT2D eigenvalue weighted by molar-refractivity contribution is 9.10. The fourth-order valence-corrected chi connectivity index (χ4v) is 2.38. The summed E-state index contributed by atoms with van der Waals surface area (Å²) in [7, 11) is 0. The highest BCUT2D eigenvalue weighted by Gasteiger charge is 2.25. The molecule has 3 heteroatoms. The van der Waals surface area contributed by atoms with Crippen LogP contribution in [-0.4, -0.2) is 11.9 Å². The van der Waals surface area contributed by atoms with Crippen LogP contribution in [0.3, 0.4) is 0 Å². The Kier molecular flexibility index (Phi) is 3.64. The first-order chi connectivity index (χ1) is 7.66. The average Bonchev–Trinajstić information content (AvgIpc) is 2.14. The van der Waals surface area contributed by atoms with Crippen LogP contribution in [0.25, 0.3) is 0 Å². The zero-order chi connectivity index (χ0) is 11.5. The summed E-state index contributed by atoms with van der Waals surface area (Å²) in [5, 5.41) is 3.07. The Labute approximate surface area is 105 Å². The molecule has 2 nitrogen and oxygen atoms in total. The van der Waals surface area contributed by atoms with E-state index < -0.39 is 0 Å². The smallest absolute Gasteiger partial charge is 0.251 e. The van der Waals surface area contributed by atoms with Crippen LogP contribution < -0.4 is 5.32 Å². The molecule has 16 heavy (non-hydrogen) atoms. The molecule has 1 amide bonds. The third-order valence-corrected chi connectivity index (χ3v) is 3.80. The number of hydrogen-bond donors (Lipinski definition) is 1. The predicted molar refractivity (Wildman–Crippen MR) is 68.4 cm³/mol. The Bertz CT molecular complexity index is 387. The van der Waals surface area contributed by atoms with E-state index in [1.54, 1.807) is 0 Å². The molecule has 1 N–H and O–H groups in total. The van der Waals surface area contributed by atoms with Crippen LogP contribution in [0.15, 0.2) is 28.7 Å². The molecule has 0 spiro atoms. The Morgan fingerprint density at radius 3 is 2.81 bits per heavy atom. The molecule has 1 fully saturated rings. The van der Waals surface area contributed by atoms with Gasteiger partial charge in [0.1, 0.15) is 0 Å². The number of nitrogens with one attached hydrogen (secondary N) is 1. The highest BCUT2D eigenvalue weighted by Crippen LogP contribution is 2.29. The van der Waals surface area contributed by atoms with Crippen LogP contribution >= 0.6 is 15.9 Å². The van der Waals surface area contributed by atoms with Gasteiger partial charge in [0, 0.05) is 16.1 Å². The molecule has 1 aromatic carbocycles. The minimum Gasteiger partial charge on any atom is -0.349 e. The number of halogens is 1. The highest BCUT2D eigenvalue weighted by atomic mass is 79.9. The SMILES string of the molecule is CC(NC(=O)c1cccc(Br)c1)C1CCC1. The van der Waals surface area contributed by atoms with Crippen LogP contribution in [0.1, 0.15) is 36.5 Å². The second-order valence-corrected chi connectivity index (χ2v) is 5.38. The van der Waals surface area contributed by atoms with Gasteiger partial charge in [0.15, 0.2) is 0 Å². The zero-order valence-corrected chi connectivity index (χ0v) is 11.0. The first-order valence-corrected chi connectivity index (χ1v) is 6.52. The molecule has 1 aliphatic rings. The second kappa shape index (κ2) is 5.00. The average molecular weight is 282 g/mol. The normalized spacial score (nSPS) is 17.6. The maximum atomic E-state index is 11.9. The number of benzene rings is 1. The van der Waals surface area contributed by atoms with Crippen molar-refractivity contribution in [1.82, 2.24) is 5.32 Å². The van der Waals surface area contributed by atoms with Gasteiger partial charge < -0.3 is 5.32 Å². The monoisotopic (exact) mass is 281 g/mol. The summed E-state index contributed by atoms with van der Waals surface area (Å²) in [6, 6.07) is 7.79. The van der Waals surface area contributed by atoms with Crippen molar-refractivity contribution in [1.29, 1.82) is 0 Å². The van der Waals surface area contributed by atoms with Crippen molar-refractivity contribution in [2.24, 2.45) is 5.92 Å². The van der Waals surface area contributed by atoms with E-state index in [2.05, 4.69) is 28.2 Å². The Morgan fingerprint density at radius 2 is 2.25 bits per heavy atom. The minimum atomic E-state index is 0.0284. The molecule has 0 aliphatic heterocycles. The zero-order valence-electron chi connectivity index (χ0n) is 9.37. The molecule has 0 heterocycles. The fourth-order valence-electron chi connectivity index (χ4n) is 1.98. The summed E-state index contributed by atoms with van der Waals surface area (Å²) in [6.45, 7) is 2.10. The molecule has 1 aromatic rings. The van der Waals surface area contributed by atoms with E-state index in [1.165, 1.54) is 19.3 Å². The lowest BCUT2D eigenvalue weighted by Crippen LogP contribution is -2.40. The maximum absolute atomic E-state index is 11.9. The third-order valence-electron chi connectivity index (χ3n) is 3.30. The van der Waals surface area contributed by atoms with Crippen molar-refractivity contribution in [3.8, 4) is 0 Å². The van der Waals surface area contributed by atoms with E-state index >= 15 is 0 Å². The van der Waals surface area contributed by atoms with E-state index in [9.17, 15) is 4.79 Å². The van der Waals surface area contributed by atoms with Gasteiger partial charge in [-0.25, -0.2) is 0 Å². The molecular formula is C13H16BrNO. The summed E-state index contributed by atoms with van der Waals surface area (Å²) >= 11 is 3.37. The summed E-state index contributed by atoms with van der Waals surface area (Å²) < 4.78 is 0.941. The summed E-state index contributed by atoms with van der Waals surface area (Å²) in [4.78, 5) is 11.9. The summed E-state index contributed by atoms with van der Waals surface area (Å²) in [6.07, 6.45) is 3.81. The van der Waals surface area contributed by atoms with Gasteiger partial charge in [-0.15, -0.1) is 0 Å². The van der Waals surface area contributed by atoms with Gasteiger partial charge in [0.25, 0.3) is 5.91 Å². The fraction of sp³-hybridized carbons (Fsp3) is 0.462. The number of hydrogen-bond acceptors (Lipinski definition) is 1. The lowest BCUT2D eigenvalue weighted by molar-refractivity contribution is 0.0909. The van der Waals surface area contributed by atoms with Gasteiger partial charge in [0.05, 0.1) is 0 Å². The molecule has 2 rings (SSSR count). The van der Waals surface area contributed by atoms with Crippen LogP contribution in [-0.2, 0) is 0 Å². The van der Waals surface area contributed by atoms with Crippen LogP contribution in [0.4, 0.5) is 0 Å². The first-order valence-electron chi connectivity index (χ1n) is 5.73. The third kappa shape index (κ3) is 2.64. The molecule has 1 atom stereocenters. The molecule has 1 saturated carbocycles. The van der Waals surface area contributed by atoms with Crippen LogP contribution in [0.2, 0.25) is 0 Å². The van der Waals surface area contributed by atoms with Gasteiger partial charge in [-0.3, -0.25) is 4.79 Å². The van der Waals surface area contributed by atoms with Crippen molar-refractivity contribution >= 4 is 21.8 Å². The summed E-state index contributed by atoms with van der Waals surface area (Å²) in [5.74, 6) is 0.705. The van der Waals surface area contributed by atoms with Crippen molar-refractivity contribution in [3.63, 3.8) is 0 Å². The van der Waals surface area contributed by atoms with E-state index in [-0.39, 0.29) is 5.91 Å². The second-order valence-electron chi connectivity index (χ2n) is 4.46. The summed E-state index contributed by atoms with van der Waals surface area (Å²) in [5.41, 5.74) is 0.723. The number of carbonyl (C=O) groups excluding carboxylic acids is 1. The minimum absolute atomic E-state index is 0.0284. The van der Waals surface area contributed by atoms with E-state index in [1.807, 2.05) is 24.3 Å². The van der Waals surface area contributed by atoms with Crippen molar-refractivity contribution in [2.45, 2.75) is 32.2 Å². The van der Waals surface area contributed by atoms with Gasteiger partial charge in [-0.05, 0) is 43.9 Å². The van der Waals surface area contributed by atoms with E-state index in [4.69, 9.17) is 0 Å². The van der Waals surface area contributed by atoms with Crippen LogP contribution in [0.5, 0.6) is 0 Å². The molecule has 0 aromatic heterocycles. The van der Waals surface area contributed by atoms with E-state index in [0.29, 0.717) is 12.0 Å². The molecule has 0 radical (unpaired) electrons. The Balaban J connectivity index is 1.96. The maximum Gasteiger partial charge on any atom is 0.251 e. The van der Waals surface area contributed by atoms with Crippen molar-refractivity contribution in [2.75, 3.05) is 0 Å². The van der Waals surface area contributed by atoms with Gasteiger partial charge in [0.2, 0.25) is 0 Å². The first kappa shape index (κ1) is 11.6. The van der Waals surface area contributed by atoms with Gasteiger partial charge in [-0.2, -0.15) is 0 Å². The molecule has 86 valence electrons. The van der Waals surface area contributed by atoms with E-state index in [0.717, 1.165) is 10.0 Å². The number of amides is 1. The molecule has 1 unspecified atom stereocenters. The topological polar surface area (TPSA) is 29.1 Å². The standard InChI is InChI=1S/C13H16BrNO/c1-9(10-4-2-5-10)15-13(16)11-6-3-7-12(14)8-11/h3,6-10H,2,4-5H2,1H3,(H,15,16).